The van der Waals surface area contributed by atoms with Crippen molar-refractivity contribution in [2.45, 2.75) is 13.1 Å². The van der Waals surface area contributed by atoms with Crippen LogP contribution in [0.2, 0.25) is 0 Å². The Morgan fingerprint density at radius 2 is 2.00 bits per heavy atom. The molecule has 112 valence electrons. The zero-order chi connectivity index (χ0) is 15.1. The molecule has 0 aliphatic carbocycles. The highest BCUT2D eigenvalue weighted by Gasteiger charge is 2.15. The van der Waals surface area contributed by atoms with E-state index < -0.39 is 0 Å². The van der Waals surface area contributed by atoms with E-state index >= 15 is 0 Å². The van der Waals surface area contributed by atoms with E-state index in [0.717, 1.165) is 12.1 Å². The maximum atomic E-state index is 11.7. The van der Waals surface area contributed by atoms with Crippen molar-refractivity contribution in [1.82, 2.24) is 10.3 Å². The summed E-state index contributed by atoms with van der Waals surface area (Å²) in [6.07, 6.45) is 0. The Bertz CT molecular complexity index is 571. The van der Waals surface area contributed by atoms with Crippen LogP contribution in [0.3, 0.4) is 0 Å². The smallest absolute Gasteiger partial charge is 0.275 e. The van der Waals surface area contributed by atoms with Gasteiger partial charge in [-0.15, -0.1) is 11.3 Å². The summed E-state index contributed by atoms with van der Waals surface area (Å²) in [7, 11) is 0. The van der Waals surface area contributed by atoms with Crippen LogP contribution in [-0.4, -0.2) is 29.1 Å². The maximum Gasteiger partial charge on any atom is 0.275 e. The number of amides is 1. The van der Waals surface area contributed by atoms with E-state index in [1.54, 1.807) is 0 Å². The monoisotopic (exact) mass is 305 g/mol. The second-order valence-electron chi connectivity index (χ2n) is 4.67. The average Bonchev–Trinajstić information content (AvgIpc) is 2.96. The topological polar surface area (TPSA) is 78.6 Å². The summed E-state index contributed by atoms with van der Waals surface area (Å²) in [5.41, 5.74) is 4.26. The summed E-state index contributed by atoms with van der Waals surface area (Å²) in [6.45, 7) is 1.95. The molecule has 1 aromatic carbocycles. The van der Waals surface area contributed by atoms with Gasteiger partial charge in [-0.3, -0.25) is 15.1 Å². The molecule has 1 aromatic heterocycles. The Morgan fingerprint density at radius 1 is 1.24 bits per heavy atom. The Hall–Kier alpha value is -1.73. The molecule has 21 heavy (non-hydrogen) atoms. The third kappa shape index (κ3) is 4.37. The van der Waals surface area contributed by atoms with Gasteiger partial charge in [-0.25, -0.2) is 5.84 Å². The van der Waals surface area contributed by atoms with Crippen LogP contribution in [0.1, 0.15) is 20.8 Å². The number of aliphatic hydroxyl groups is 1. The summed E-state index contributed by atoms with van der Waals surface area (Å²) >= 11 is 1.37. The zero-order valence-electron chi connectivity index (χ0n) is 11.7. The highest BCUT2D eigenvalue weighted by atomic mass is 32.1. The predicted octanol–water partition coefficient (Wildman–Crippen LogP) is 1.35. The van der Waals surface area contributed by atoms with Crippen LogP contribution in [0.4, 0.5) is 0 Å². The van der Waals surface area contributed by atoms with Crippen molar-refractivity contribution in [2.24, 2.45) is 5.84 Å². The van der Waals surface area contributed by atoms with Gasteiger partial charge in [0, 0.05) is 19.6 Å². The number of carbonyl (C=O) groups is 1. The van der Waals surface area contributed by atoms with Gasteiger partial charge in [0.25, 0.3) is 5.91 Å². The Balaban J connectivity index is 2.09. The van der Waals surface area contributed by atoms with Gasteiger partial charge in [-0.05, 0) is 22.6 Å². The van der Waals surface area contributed by atoms with Gasteiger partial charge in [0.15, 0.2) is 0 Å². The molecule has 0 saturated heterocycles. The van der Waals surface area contributed by atoms with Crippen molar-refractivity contribution in [3.63, 3.8) is 0 Å². The van der Waals surface area contributed by atoms with E-state index in [2.05, 4.69) is 10.3 Å². The van der Waals surface area contributed by atoms with E-state index in [1.807, 2.05) is 41.8 Å². The molecule has 0 aliphatic rings. The molecule has 0 bridgehead atoms. The lowest BCUT2D eigenvalue weighted by Crippen LogP contribution is -2.31. The highest BCUT2D eigenvalue weighted by molar-refractivity contribution is 7.12. The van der Waals surface area contributed by atoms with Gasteiger partial charge < -0.3 is 5.11 Å². The Labute approximate surface area is 128 Å². The second-order valence-corrected chi connectivity index (χ2v) is 5.58. The lowest BCUT2D eigenvalue weighted by molar-refractivity contribution is 0.0955. The van der Waals surface area contributed by atoms with Gasteiger partial charge >= 0.3 is 0 Å². The lowest BCUT2D eigenvalue weighted by Gasteiger charge is -2.21. The molecule has 0 unspecified atom stereocenters. The molecular formula is C15H19N3O2S. The first-order chi connectivity index (χ1) is 10.2. The number of rotatable bonds is 7. The second kappa shape index (κ2) is 7.90. The molecule has 2 aromatic rings. The number of thiophene rings is 1. The van der Waals surface area contributed by atoms with Crippen LogP contribution in [-0.2, 0) is 13.1 Å². The summed E-state index contributed by atoms with van der Waals surface area (Å²) in [5.74, 6) is 4.92. The number of carbonyl (C=O) groups excluding carboxylic acids is 1. The number of nitrogens with two attached hydrogens (primary N) is 1. The minimum absolute atomic E-state index is 0.0788. The van der Waals surface area contributed by atoms with Crippen molar-refractivity contribution in [3.8, 4) is 0 Å². The molecule has 0 saturated carbocycles. The fraction of sp³-hybridized carbons (Fsp3) is 0.267. The number of hydrogen-bond donors (Lipinski definition) is 3. The normalized spacial score (nSPS) is 10.8. The minimum atomic E-state index is -0.274. The first kappa shape index (κ1) is 15.7. The first-order valence-electron chi connectivity index (χ1n) is 6.69. The largest absolute Gasteiger partial charge is 0.395 e. The highest BCUT2D eigenvalue weighted by Crippen LogP contribution is 2.19. The van der Waals surface area contributed by atoms with Gasteiger partial charge in [0.2, 0.25) is 0 Å². The van der Waals surface area contributed by atoms with Crippen molar-refractivity contribution in [1.29, 1.82) is 0 Å². The third-order valence-corrected chi connectivity index (χ3v) is 4.10. The third-order valence-electron chi connectivity index (χ3n) is 3.14. The number of hydrazine groups is 1. The number of nitrogens with one attached hydrogen (secondary N) is 1. The van der Waals surface area contributed by atoms with Crippen LogP contribution in [0.15, 0.2) is 41.8 Å². The summed E-state index contributed by atoms with van der Waals surface area (Å²) in [4.78, 5) is 14.4. The molecule has 1 heterocycles. The van der Waals surface area contributed by atoms with Gasteiger partial charge in [-0.1, -0.05) is 30.3 Å². The van der Waals surface area contributed by atoms with Crippen LogP contribution in [0.25, 0.3) is 0 Å². The van der Waals surface area contributed by atoms with Gasteiger partial charge in [0.1, 0.15) is 0 Å². The van der Waals surface area contributed by atoms with Crippen LogP contribution < -0.4 is 11.3 Å². The van der Waals surface area contributed by atoms with Crippen LogP contribution in [0, 0.1) is 0 Å². The predicted molar refractivity (Wildman–Crippen MR) is 83.6 cm³/mol. The van der Waals surface area contributed by atoms with Crippen molar-refractivity contribution in [3.05, 3.63) is 57.8 Å². The summed E-state index contributed by atoms with van der Waals surface area (Å²) in [5, 5.41) is 11.1. The minimum Gasteiger partial charge on any atom is -0.395 e. The van der Waals surface area contributed by atoms with E-state index in [1.165, 1.54) is 16.9 Å². The SMILES string of the molecule is NNC(=O)c1sccc1CN(CCO)Cc1ccccc1. The van der Waals surface area contributed by atoms with Crippen LogP contribution >= 0.6 is 11.3 Å². The van der Waals surface area contributed by atoms with Crippen LogP contribution in [0.5, 0.6) is 0 Å². The first-order valence-corrected chi connectivity index (χ1v) is 7.57. The standard InChI is InChI=1S/C15H19N3O2S/c16-17-15(20)14-13(6-9-21-14)11-18(7-8-19)10-12-4-2-1-3-5-12/h1-6,9,19H,7-8,10-11,16H2,(H,17,20). The van der Waals surface area contributed by atoms with Crippen molar-refractivity contribution in [2.75, 3.05) is 13.2 Å². The van der Waals surface area contributed by atoms with E-state index in [-0.39, 0.29) is 12.5 Å². The van der Waals surface area contributed by atoms with Crippen molar-refractivity contribution < 1.29 is 9.90 Å². The van der Waals surface area contributed by atoms with E-state index in [4.69, 9.17) is 5.84 Å². The summed E-state index contributed by atoms with van der Waals surface area (Å²) in [6, 6.07) is 12.0. The molecule has 0 spiro atoms. The number of nitrogens with zero attached hydrogens (tertiary/aromatic N) is 1. The Kier molecular flexibility index (Phi) is 5.89. The fourth-order valence-corrected chi connectivity index (χ4v) is 2.98. The zero-order valence-corrected chi connectivity index (χ0v) is 12.5. The molecule has 0 aliphatic heterocycles. The molecule has 5 nitrogen and oxygen atoms in total. The lowest BCUT2D eigenvalue weighted by atomic mass is 10.2. The number of nitrogen functional groups attached to an aromatic ring is 1. The van der Waals surface area contributed by atoms with E-state index in [9.17, 15) is 9.90 Å². The molecule has 6 heteroatoms. The molecule has 4 N–H and O–H groups in total. The van der Waals surface area contributed by atoms with Gasteiger partial charge in [-0.2, -0.15) is 0 Å². The molecule has 0 radical (unpaired) electrons. The molecular weight excluding hydrogens is 286 g/mol. The maximum absolute atomic E-state index is 11.7. The Morgan fingerprint density at radius 3 is 2.67 bits per heavy atom. The van der Waals surface area contributed by atoms with E-state index in [0.29, 0.717) is 18.0 Å². The molecule has 2 rings (SSSR count). The van der Waals surface area contributed by atoms with Gasteiger partial charge in [0.05, 0.1) is 11.5 Å². The molecule has 0 atom stereocenters. The molecule has 0 fully saturated rings. The average molecular weight is 305 g/mol. The summed E-state index contributed by atoms with van der Waals surface area (Å²) < 4.78 is 0. The number of hydrogen-bond acceptors (Lipinski definition) is 5. The molecule has 1 amide bonds. The quantitative estimate of drug-likeness (QED) is 0.410. The number of benzene rings is 1. The van der Waals surface area contributed by atoms with Crippen molar-refractivity contribution >= 4 is 17.2 Å². The fourth-order valence-electron chi connectivity index (χ4n) is 2.16. The number of aliphatic hydroxyl groups excluding tert-OH is 1.